The van der Waals surface area contributed by atoms with Gasteiger partial charge >= 0.3 is 12.1 Å². The number of likely N-dealkylation sites (tertiary alicyclic amines) is 1. The van der Waals surface area contributed by atoms with Crippen LogP contribution in [0, 0.1) is 5.92 Å². The van der Waals surface area contributed by atoms with Gasteiger partial charge in [-0.1, -0.05) is 30.3 Å². The molecular formula is C16H22N2O4. The van der Waals surface area contributed by atoms with E-state index in [-0.39, 0.29) is 19.2 Å². The summed E-state index contributed by atoms with van der Waals surface area (Å²) in [7, 11) is 3.78. The molecule has 1 fully saturated rings. The second kappa shape index (κ2) is 7.26. The fraction of sp³-hybridized carbons (Fsp3) is 0.500. The topological polar surface area (TPSA) is 70.1 Å². The fourth-order valence-corrected chi connectivity index (χ4v) is 2.59. The molecule has 0 bridgehead atoms. The SMILES string of the molecule is CN(C)[C@@H]1C[C@H](C(=O)O)CN(C(=O)OCc2ccccc2)C1. The largest absolute Gasteiger partial charge is 0.481 e. The van der Waals surface area contributed by atoms with Crippen molar-refractivity contribution in [2.45, 2.75) is 19.1 Å². The van der Waals surface area contributed by atoms with Gasteiger partial charge in [0.15, 0.2) is 0 Å². The number of rotatable bonds is 4. The van der Waals surface area contributed by atoms with Crippen LogP contribution in [-0.2, 0) is 16.1 Å². The molecular weight excluding hydrogens is 284 g/mol. The normalized spacial score (nSPS) is 21.7. The summed E-state index contributed by atoms with van der Waals surface area (Å²) in [5, 5.41) is 9.25. The number of hydrogen-bond acceptors (Lipinski definition) is 4. The van der Waals surface area contributed by atoms with Gasteiger partial charge in [-0.2, -0.15) is 0 Å². The molecule has 6 nitrogen and oxygen atoms in total. The molecule has 1 saturated heterocycles. The van der Waals surface area contributed by atoms with E-state index in [2.05, 4.69) is 0 Å². The molecule has 0 saturated carbocycles. The molecule has 0 aliphatic carbocycles. The maximum Gasteiger partial charge on any atom is 0.410 e. The minimum atomic E-state index is -0.868. The molecule has 0 spiro atoms. The van der Waals surface area contributed by atoms with Crippen molar-refractivity contribution in [3.8, 4) is 0 Å². The lowest BCUT2D eigenvalue weighted by molar-refractivity contribution is -0.144. The smallest absolute Gasteiger partial charge is 0.410 e. The molecule has 1 aliphatic rings. The first kappa shape index (κ1) is 16.3. The fourth-order valence-electron chi connectivity index (χ4n) is 2.59. The molecule has 1 aliphatic heterocycles. The van der Waals surface area contributed by atoms with Gasteiger partial charge in [0.05, 0.1) is 5.92 Å². The van der Waals surface area contributed by atoms with Crippen molar-refractivity contribution in [2.24, 2.45) is 5.92 Å². The average molecular weight is 306 g/mol. The predicted molar refractivity (Wildman–Crippen MR) is 81.4 cm³/mol. The first-order chi connectivity index (χ1) is 10.5. The van der Waals surface area contributed by atoms with Crippen LogP contribution in [0.15, 0.2) is 30.3 Å². The summed E-state index contributed by atoms with van der Waals surface area (Å²) in [5.41, 5.74) is 0.909. The standard InChI is InChI=1S/C16H22N2O4/c1-17(2)14-8-13(15(19)20)9-18(10-14)16(21)22-11-12-6-4-3-5-7-12/h3-7,13-14H,8-11H2,1-2H3,(H,19,20)/t13-,14+/m0/s1. The summed E-state index contributed by atoms with van der Waals surface area (Å²) in [6.07, 6.45) is 0.0896. The zero-order chi connectivity index (χ0) is 16.1. The molecule has 1 aromatic rings. The number of carbonyl (C=O) groups excluding carboxylic acids is 1. The van der Waals surface area contributed by atoms with Crippen molar-refractivity contribution >= 4 is 12.1 Å². The van der Waals surface area contributed by atoms with Crippen molar-refractivity contribution in [3.63, 3.8) is 0 Å². The van der Waals surface area contributed by atoms with E-state index in [1.54, 1.807) is 0 Å². The Morgan fingerprint density at radius 1 is 1.27 bits per heavy atom. The van der Waals surface area contributed by atoms with E-state index < -0.39 is 18.0 Å². The van der Waals surface area contributed by atoms with E-state index in [1.165, 1.54) is 4.90 Å². The van der Waals surface area contributed by atoms with Crippen LogP contribution in [0.3, 0.4) is 0 Å². The minimum absolute atomic E-state index is 0.0270. The summed E-state index contributed by atoms with van der Waals surface area (Å²) < 4.78 is 5.30. The van der Waals surface area contributed by atoms with Crippen LogP contribution in [0.4, 0.5) is 4.79 Å². The Labute approximate surface area is 130 Å². The molecule has 120 valence electrons. The Bertz CT molecular complexity index is 518. The van der Waals surface area contributed by atoms with Gasteiger partial charge < -0.3 is 19.6 Å². The van der Waals surface area contributed by atoms with Crippen LogP contribution in [-0.4, -0.2) is 60.2 Å². The number of hydrogen-bond donors (Lipinski definition) is 1. The van der Waals surface area contributed by atoms with Gasteiger partial charge in [0.25, 0.3) is 0 Å². The summed E-state index contributed by atoms with van der Waals surface area (Å²) in [6.45, 7) is 0.887. The predicted octanol–water partition coefficient (Wildman–Crippen LogP) is 1.66. The lowest BCUT2D eigenvalue weighted by Crippen LogP contribution is -2.52. The van der Waals surface area contributed by atoms with Gasteiger partial charge in [-0.3, -0.25) is 4.79 Å². The summed E-state index contributed by atoms with van der Waals surface area (Å²) >= 11 is 0. The van der Waals surface area contributed by atoms with E-state index in [9.17, 15) is 14.7 Å². The first-order valence-corrected chi connectivity index (χ1v) is 7.32. The maximum absolute atomic E-state index is 12.2. The van der Waals surface area contributed by atoms with Crippen LogP contribution < -0.4 is 0 Å². The van der Waals surface area contributed by atoms with Gasteiger partial charge in [-0.25, -0.2) is 4.79 Å². The lowest BCUT2D eigenvalue weighted by atomic mass is 9.94. The highest BCUT2D eigenvalue weighted by Crippen LogP contribution is 2.21. The van der Waals surface area contributed by atoms with Crippen molar-refractivity contribution < 1.29 is 19.4 Å². The van der Waals surface area contributed by atoms with E-state index >= 15 is 0 Å². The highest BCUT2D eigenvalue weighted by atomic mass is 16.6. The summed E-state index contributed by atoms with van der Waals surface area (Å²) in [5.74, 6) is -1.42. The number of piperidine rings is 1. The second-order valence-electron chi connectivity index (χ2n) is 5.83. The molecule has 0 aromatic heterocycles. The number of carbonyl (C=O) groups is 2. The number of aliphatic carboxylic acids is 1. The molecule has 22 heavy (non-hydrogen) atoms. The molecule has 2 atom stereocenters. The third kappa shape index (κ3) is 4.21. The van der Waals surface area contributed by atoms with E-state index in [0.29, 0.717) is 13.0 Å². The van der Waals surface area contributed by atoms with Crippen molar-refractivity contribution in [1.29, 1.82) is 0 Å². The Morgan fingerprint density at radius 2 is 1.95 bits per heavy atom. The third-order valence-electron chi connectivity index (χ3n) is 3.97. The van der Waals surface area contributed by atoms with E-state index in [1.807, 2.05) is 49.3 Å². The number of carboxylic acids is 1. The molecule has 2 rings (SSSR count). The number of likely N-dealkylation sites (N-methyl/N-ethyl adjacent to an activating group) is 1. The maximum atomic E-state index is 12.2. The Kier molecular flexibility index (Phi) is 5.38. The van der Waals surface area contributed by atoms with Crippen molar-refractivity contribution in [3.05, 3.63) is 35.9 Å². The quantitative estimate of drug-likeness (QED) is 0.916. The van der Waals surface area contributed by atoms with Gasteiger partial charge in [0.2, 0.25) is 0 Å². The average Bonchev–Trinajstić information content (AvgIpc) is 2.53. The van der Waals surface area contributed by atoms with Crippen molar-refractivity contribution in [1.82, 2.24) is 9.80 Å². The zero-order valence-corrected chi connectivity index (χ0v) is 12.9. The Balaban J connectivity index is 1.96. The number of carboxylic acid groups (broad SMARTS) is 1. The molecule has 0 radical (unpaired) electrons. The van der Waals surface area contributed by atoms with Crippen LogP contribution >= 0.6 is 0 Å². The van der Waals surface area contributed by atoms with Gasteiger partial charge in [-0.15, -0.1) is 0 Å². The van der Waals surface area contributed by atoms with Crippen LogP contribution in [0.2, 0.25) is 0 Å². The second-order valence-corrected chi connectivity index (χ2v) is 5.83. The zero-order valence-electron chi connectivity index (χ0n) is 12.9. The van der Waals surface area contributed by atoms with Crippen LogP contribution in [0.5, 0.6) is 0 Å². The van der Waals surface area contributed by atoms with Gasteiger partial charge in [0, 0.05) is 19.1 Å². The molecule has 1 amide bonds. The molecule has 1 N–H and O–H groups in total. The lowest BCUT2D eigenvalue weighted by Gasteiger charge is -2.38. The monoisotopic (exact) mass is 306 g/mol. The Hall–Kier alpha value is -2.08. The minimum Gasteiger partial charge on any atom is -0.481 e. The molecule has 0 unspecified atom stereocenters. The summed E-state index contributed by atoms with van der Waals surface area (Å²) in [4.78, 5) is 26.9. The number of ether oxygens (including phenoxy) is 1. The van der Waals surface area contributed by atoms with Crippen LogP contribution in [0.1, 0.15) is 12.0 Å². The highest BCUT2D eigenvalue weighted by molar-refractivity contribution is 5.73. The molecule has 6 heteroatoms. The number of benzene rings is 1. The van der Waals surface area contributed by atoms with Crippen LogP contribution in [0.25, 0.3) is 0 Å². The highest BCUT2D eigenvalue weighted by Gasteiger charge is 2.35. The third-order valence-corrected chi connectivity index (χ3v) is 3.97. The van der Waals surface area contributed by atoms with Crippen molar-refractivity contribution in [2.75, 3.05) is 27.2 Å². The van der Waals surface area contributed by atoms with E-state index in [4.69, 9.17) is 4.74 Å². The first-order valence-electron chi connectivity index (χ1n) is 7.32. The summed E-state index contributed by atoms with van der Waals surface area (Å²) in [6, 6.07) is 9.45. The van der Waals surface area contributed by atoms with Gasteiger partial charge in [-0.05, 0) is 26.1 Å². The number of amides is 1. The number of nitrogens with zero attached hydrogens (tertiary/aromatic N) is 2. The molecule has 1 heterocycles. The Morgan fingerprint density at radius 3 is 2.55 bits per heavy atom. The van der Waals surface area contributed by atoms with Gasteiger partial charge in [0.1, 0.15) is 6.61 Å². The molecule has 1 aromatic carbocycles. The van der Waals surface area contributed by atoms with E-state index in [0.717, 1.165) is 5.56 Å².